The average Bonchev–Trinajstić information content (AvgIpc) is 2.14. The van der Waals surface area contributed by atoms with Gasteiger partial charge in [0.1, 0.15) is 13.3 Å². The predicted octanol–water partition coefficient (Wildman–Crippen LogP) is 1.30. The highest BCUT2D eigenvalue weighted by Gasteiger charge is 2.43. The summed E-state index contributed by atoms with van der Waals surface area (Å²) in [7, 11) is -4.95. The number of allylic oxidation sites excluding steroid dienone is 2. The molecule has 0 aromatic carbocycles. The van der Waals surface area contributed by atoms with Crippen LogP contribution in [0, 0.1) is 0 Å². The van der Waals surface area contributed by atoms with E-state index in [1.54, 1.807) is 12.2 Å². The van der Waals surface area contributed by atoms with Gasteiger partial charge in [-0.05, 0) is 11.1 Å². The smallest absolute Gasteiger partial charge is 0.254 e. The van der Waals surface area contributed by atoms with Gasteiger partial charge in [-0.1, -0.05) is 45.9 Å². The standard InChI is InChI=1S/C10H21BN2O2SSi/c1-10(2,3)17(4,5)13-9(16(12,14)15)7-6-8-11-13/h6-8,11H,1-5H3,(H2,12,14,15). The first-order chi connectivity index (χ1) is 7.48. The van der Waals surface area contributed by atoms with Crippen molar-refractivity contribution in [2.24, 2.45) is 5.14 Å². The van der Waals surface area contributed by atoms with Gasteiger partial charge in [0.15, 0.2) is 0 Å². The molecule has 1 rings (SSSR count). The summed E-state index contributed by atoms with van der Waals surface area (Å²) in [4.78, 5) is 0. The molecule has 1 aliphatic rings. The number of hydrogen-bond acceptors (Lipinski definition) is 3. The first-order valence-corrected chi connectivity index (χ1v) is 10.1. The Morgan fingerprint density at radius 3 is 2.29 bits per heavy atom. The summed E-state index contributed by atoms with van der Waals surface area (Å²) >= 11 is 0. The van der Waals surface area contributed by atoms with E-state index in [4.69, 9.17) is 5.14 Å². The molecule has 1 heterocycles. The molecule has 17 heavy (non-hydrogen) atoms. The Balaban J connectivity index is 3.24. The quantitative estimate of drug-likeness (QED) is 0.771. The van der Waals surface area contributed by atoms with Crippen LogP contribution in [0.1, 0.15) is 20.8 Å². The lowest BCUT2D eigenvalue weighted by Gasteiger charge is -2.48. The first-order valence-electron chi connectivity index (χ1n) is 5.65. The molecule has 0 aliphatic carbocycles. The molecule has 0 aromatic rings. The van der Waals surface area contributed by atoms with Gasteiger partial charge in [-0.15, -0.1) is 0 Å². The molecule has 0 fully saturated rings. The molecule has 0 radical (unpaired) electrons. The van der Waals surface area contributed by atoms with E-state index >= 15 is 0 Å². The zero-order valence-corrected chi connectivity index (χ0v) is 13.0. The fourth-order valence-electron chi connectivity index (χ4n) is 1.65. The molecular weight excluding hydrogens is 251 g/mol. The maximum Gasteiger partial charge on any atom is 0.254 e. The van der Waals surface area contributed by atoms with Crippen LogP contribution in [0.5, 0.6) is 0 Å². The molecule has 4 nitrogen and oxygen atoms in total. The summed E-state index contributed by atoms with van der Waals surface area (Å²) in [6, 6.07) is 0. The number of nitrogens with two attached hydrogens (primary N) is 1. The average molecular weight is 272 g/mol. The first kappa shape index (κ1) is 14.5. The number of rotatable bonds is 2. The Kier molecular flexibility index (Phi) is 3.67. The van der Waals surface area contributed by atoms with Crippen molar-refractivity contribution in [3.8, 4) is 0 Å². The van der Waals surface area contributed by atoms with Crippen LogP contribution < -0.4 is 5.14 Å². The predicted molar refractivity (Wildman–Crippen MR) is 76.5 cm³/mol. The Bertz CT molecular complexity index is 463. The zero-order valence-electron chi connectivity index (χ0n) is 11.2. The molecular formula is C10H21BN2O2SSi. The van der Waals surface area contributed by atoms with Crippen molar-refractivity contribution in [1.82, 2.24) is 4.48 Å². The Hall–Kier alpha value is -0.528. The van der Waals surface area contributed by atoms with Gasteiger partial charge < -0.3 is 4.48 Å². The van der Waals surface area contributed by atoms with E-state index in [-0.39, 0.29) is 10.1 Å². The van der Waals surface area contributed by atoms with E-state index in [2.05, 4.69) is 33.9 Å². The van der Waals surface area contributed by atoms with Crippen LogP contribution in [0.3, 0.4) is 0 Å². The van der Waals surface area contributed by atoms with E-state index in [1.165, 1.54) is 0 Å². The van der Waals surface area contributed by atoms with Gasteiger partial charge in [0.2, 0.25) is 0 Å². The summed E-state index contributed by atoms with van der Waals surface area (Å²) < 4.78 is 25.2. The minimum atomic E-state index is -3.65. The molecule has 0 bridgehead atoms. The molecule has 7 heteroatoms. The summed E-state index contributed by atoms with van der Waals surface area (Å²) in [5.74, 6) is 1.97. The lowest BCUT2D eigenvalue weighted by Crippen LogP contribution is -2.57. The molecule has 0 aromatic heterocycles. The van der Waals surface area contributed by atoms with Gasteiger partial charge in [0.05, 0.1) is 0 Å². The summed E-state index contributed by atoms with van der Waals surface area (Å²) in [6.07, 6.45) is 3.35. The molecule has 1 aliphatic heterocycles. The van der Waals surface area contributed by atoms with Gasteiger partial charge in [-0.2, -0.15) is 0 Å². The van der Waals surface area contributed by atoms with Crippen molar-refractivity contribution in [2.45, 2.75) is 38.9 Å². The number of nitrogens with zero attached hydrogens (tertiary/aromatic N) is 1. The van der Waals surface area contributed by atoms with Crippen molar-refractivity contribution < 1.29 is 8.42 Å². The Morgan fingerprint density at radius 2 is 1.88 bits per heavy atom. The molecule has 0 spiro atoms. The Labute approximate surface area is 106 Å². The largest absolute Gasteiger partial charge is 0.431 e. The molecule has 0 amide bonds. The highest BCUT2D eigenvalue weighted by Crippen LogP contribution is 2.40. The molecule has 0 unspecified atom stereocenters. The van der Waals surface area contributed by atoms with Crippen LogP contribution in [-0.4, -0.2) is 28.5 Å². The summed E-state index contributed by atoms with van der Waals surface area (Å²) in [5.41, 5.74) is 0. The zero-order chi connectivity index (χ0) is 13.5. The molecule has 0 atom stereocenters. The normalized spacial score (nSPS) is 17.8. The van der Waals surface area contributed by atoms with E-state index in [1.807, 2.05) is 10.5 Å². The van der Waals surface area contributed by atoms with Crippen molar-refractivity contribution >= 4 is 25.7 Å². The highest BCUT2D eigenvalue weighted by molar-refractivity contribution is 7.93. The van der Waals surface area contributed by atoms with Crippen LogP contribution in [-0.2, 0) is 10.0 Å². The van der Waals surface area contributed by atoms with Gasteiger partial charge in [0, 0.05) is 0 Å². The maximum atomic E-state index is 11.6. The van der Waals surface area contributed by atoms with E-state index in [0.717, 1.165) is 0 Å². The van der Waals surface area contributed by atoms with Crippen LogP contribution in [0.2, 0.25) is 18.1 Å². The van der Waals surface area contributed by atoms with E-state index in [9.17, 15) is 8.42 Å². The fourth-order valence-corrected chi connectivity index (χ4v) is 5.37. The number of primary sulfonamides is 1. The fraction of sp³-hybridized carbons (Fsp3) is 0.600. The lowest BCUT2D eigenvalue weighted by atomic mass is 9.93. The summed E-state index contributed by atoms with van der Waals surface area (Å²) in [5, 5.41) is 5.62. The topological polar surface area (TPSA) is 63.4 Å². The second kappa shape index (κ2) is 4.29. The third kappa shape index (κ3) is 2.83. The monoisotopic (exact) mass is 272 g/mol. The third-order valence-electron chi connectivity index (χ3n) is 3.73. The Morgan fingerprint density at radius 1 is 1.35 bits per heavy atom. The van der Waals surface area contributed by atoms with Crippen LogP contribution in [0.25, 0.3) is 0 Å². The molecule has 2 N–H and O–H groups in total. The van der Waals surface area contributed by atoms with Crippen molar-refractivity contribution in [1.29, 1.82) is 0 Å². The highest BCUT2D eigenvalue weighted by atomic mass is 32.2. The lowest BCUT2D eigenvalue weighted by molar-refractivity contribution is 0.589. The van der Waals surface area contributed by atoms with Gasteiger partial charge in [-0.25, -0.2) is 13.6 Å². The van der Waals surface area contributed by atoms with Crippen LogP contribution in [0.15, 0.2) is 23.2 Å². The van der Waals surface area contributed by atoms with E-state index in [0.29, 0.717) is 7.41 Å². The van der Waals surface area contributed by atoms with Gasteiger partial charge in [-0.3, -0.25) is 0 Å². The molecule has 0 saturated heterocycles. The van der Waals surface area contributed by atoms with Crippen molar-refractivity contribution in [2.75, 3.05) is 0 Å². The molecule has 96 valence electrons. The molecule has 0 saturated carbocycles. The second-order valence-electron chi connectivity index (χ2n) is 5.90. The minimum Gasteiger partial charge on any atom is -0.431 e. The van der Waals surface area contributed by atoms with Crippen molar-refractivity contribution in [3.05, 3.63) is 23.2 Å². The van der Waals surface area contributed by atoms with Crippen LogP contribution >= 0.6 is 0 Å². The van der Waals surface area contributed by atoms with Gasteiger partial charge >= 0.3 is 0 Å². The number of sulfonamides is 1. The summed E-state index contributed by atoms with van der Waals surface area (Å²) in [6.45, 7) is 10.8. The van der Waals surface area contributed by atoms with Crippen molar-refractivity contribution in [3.63, 3.8) is 0 Å². The van der Waals surface area contributed by atoms with Crippen LogP contribution in [0.4, 0.5) is 0 Å². The number of hydrogen-bond donors (Lipinski definition) is 1. The third-order valence-corrected chi connectivity index (χ3v) is 10.3. The maximum absolute atomic E-state index is 11.6. The van der Waals surface area contributed by atoms with E-state index < -0.39 is 18.3 Å². The second-order valence-corrected chi connectivity index (χ2v) is 12.6. The van der Waals surface area contributed by atoms with Gasteiger partial charge in [0.25, 0.3) is 17.4 Å². The SMILES string of the molecule is CC(C)(C)[Si](C)(C)N1BC=CC=C1S(N)(=O)=O. The minimum absolute atomic E-state index is 0.0714.